The maximum Gasteiger partial charge on any atom is 0.264 e. The number of benzene rings is 4. The summed E-state index contributed by atoms with van der Waals surface area (Å²) in [6.45, 7) is 4.83. The maximum absolute atomic E-state index is 15.0. The molecule has 4 aromatic rings. The summed E-state index contributed by atoms with van der Waals surface area (Å²) in [5.41, 5.74) is 2.19. The zero-order valence-electron chi connectivity index (χ0n) is 25.2. The van der Waals surface area contributed by atoms with Crippen LogP contribution in [0.25, 0.3) is 0 Å². The van der Waals surface area contributed by atoms with Crippen molar-refractivity contribution in [2.24, 2.45) is 0 Å². The number of hydrogen-bond donors (Lipinski definition) is 1. The van der Waals surface area contributed by atoms with Crippen LogP contribution >= 0.6 is 0 Å². The molecule has 4 rings (SSSR count). The van der Waals surface area contributed by atoms with Crippen LogP contribution in [0.4, 0.5) is 10.1 Å². The van der Waals surface area contributed by atoms with Gasteiger partial charge in [-0.25, -0.2) is 12.8 Å². The van der Waals surface area contributed by atoms with Crippen LogP contribution in [0.15, 0.2) is 114 Å². The Balaban J connectivity index is 1.80. The van der Waals surface area contributed by atoms with Crippen LogP contribution in [0, 0.1) is 12.7 Å². The fraction of sp³-hybridized carbons (Fsp3) is 0.257. The second-order valence-electron chi connectivity index (χ2n) is 10.8. The van der Waals surface area contributed by atoms with E-state index in [1.807, 2.05) is 51.1 Å². The highest BCUT2D eigenvalue weighted by molar-refractivity contribution is 7.92. The van der Waals surface area contributed by atoms with Crippen molar-refractivity contribution in [3.8, 4) is 0 Å². The summed E-state index contributed by atoms with van der Waals surface area (Å²) in [7, 11) is -4.20. The lowest BCUT2D eigenvalue weighted by atomic mass is 10.0. The number of nitrogens with one attached hydrogen (secondary N) is 1. The highest BCUT2D eigenvalue weighted by Crippen LogP contribution is 2.25. The smallest absolute Gasteiger partial charge is 0.264 e. The number of halogens is 1. The van der Waals surface area contributed by atoms with Crippen molar-refractivity contribution in [2.75, 3.05) is 10.8 Å². The number of rotatable bonds is 13. The summed E-state index contributed by atoms with van der Waals surface area (Å²) >= 11 is 0. The Kier molecular flexibility index (Phi) is 10.9. The number of para-hydroxylation sites is 1. The minimum Gasteiger partial charge on any atom is -0.352 e. The van der Waals surface area contributed by atoms with Gasteiger partial charge in [0.2, 0.25) is 11.8 Å². The Bertz CT molecular complexity index is 1650. The second-order valence-corrected chi connectivity index (χ2v) is 12.7. The van der Waals surface area contributed by atoms with Gasteiger partial charge in [-0.15, -0.1) is 0 Å². The van der Waals surface area contributed by atoms with Crippen molar-refractivity contribution in [3.63, 3.8) is 0 Å². The molecule has 0 unspecified atom stereocenters. The minimum absolute atomic E-state index is 0.0238. The van der Waals surface area contributed by atoms with Crippen LogP contribution in [0.3, 0.4) is 0 Å². The minimum atomic E-state index is -4.20. The first-order valence-corrected chi connectivity index (χ1v) is 16.1. The van der Waals surface area contributed by atoms with E-state index in [9.17, 15) is 22.4 Å². The Hall–Kier alpha value is -4.50. The molecule has 0 radical (unpaired) electrons. The molecule has 230 valence electrons. The molecule has 0 saturated carbocycles. The first-order valence-electron chi connectivity index (χ1n) is 14.6. The van der Waals surface area contributed by atoms with Crippen molar-refractivity contribution in [1.82, 2.24) is 10.2 Å². The molecule has 0 aliphatic carbocycles. The van der Waals surface area contributed by atoms with Gasteiger partial charge in [0, 0.05) is 24.6 Å². The lowest BCUT2D eigenvalue weighted by Crippen LogP contribution is -2.54. The number of amides is 2. The Labute approximate surface area is 259 Å². The lowest BCUT2D eigenvalue weighted by molar-refractivity contribution is -0.140. The molecule has 0 spiro atoms. The molecule has 0 aromatic heterocycles. The molecule has 0 aliphatic heterocycles. The van der Waals surface area contributed by atoms with E-state index in [4.69, 9.17) is 0 Å². The van der Waals surface area contributed by atoms with Crippen LogP contribution < -0.4 is 9.62 Å². The molecule has 4 aromatic carbocycles. The first kappa shape index (κ1) is 32.4. The van der Waals surface area contributed by atoms with Crippen molar-refractivity contribution in [2.45, 2.75) is 57.1 Å². The fourth-order valence-corrected chi connectivity index (χ4v) is 6.18. The molecule has 0 heterocycles. The predicted octanol–water partition coefficient (Wildman–Crippen LogP) is 5.88. The molecule has 2 atom stereocenters. The quantitative estimate of drug-likeness (QED) is 0.203. The molecule has 0 aliphatic rings. The van der Waals surface area contributed by atoms with Crippen LogP contribution in [0.1, 0.15) is 37.0 Å². The number of aryl methyl sites for hydroxylation is 1. The van der Waals surface area contributed by atoms with Gasteiger partial charge in [0.25, 0.3) is 10.0 Å². The Morgan fingerprint density at radius 2 is 1.43 bits per heavy atom. The largest absolute Gasteiger partial charge is 0.352 e. The molecule has 44 heavy (non-hydrogen) atoms. The molecule has 9 heteroatoms. The predicted molar refractivity (Wildman–Crippen MR) is 171 cm³/mol. The summed E-state index contributed by atoms with van der Waals surface area (Å²) in [5, 5.41) is 2.97. The molecule has 0 bridgehead atoms. The maximum atomic E-state index is 15.0. The molecule has 1 N–H and O–H groups in total. The van der Waals surface area contributed by atoms with E-state index in [-0.39, 0.29) is 35.2 Å². The normalized spacial score (nSPS) is 12.6. The third-order valence-corrected chi connectivity index (χ3v) is 9.29. The van der Waals surface area contributed by atoms with Gasteiger partial charge in [-0.2, -0.15) is 0 Å². The van der Waals surface area contributed by atoms with E-state index in [2.05, 4.69) is 5.32 Å². The number of anilines is 1. The lowest BCUT2D eigenvalue weighted by Gasteiger charge is -2.34. The van der Waals surface area contributed by atoms with Gasteiger partial charge in [-0.05, 0) is 56.2 Å². The summed E-state index contributed by atoms with van der Waals surface area (Å²) in [6.07, 6.45) is 0.820. The van der Waals surface area contributed by atoms with Gasteiger partial charge in [0.1, 0.15) is 18.4 Å². The van der Waals surface area contributed by atoms with E-state index < -0.39 is 40.2 Å². The van der Waals surface area contributed by atoms with Gasteiger partial charge >= 0.3 is 0 Å². The number of carbonyl (C=O) groups is 2. The molecule has 7 nitrogen and oxygen atoms in total. The molecule has 2 amide bonds. The van der Waals surface area contributed by atoms with Gasteiger partial charge < -0.3 is 10.2 Å². The second kappa shape index (κ2) is 14.8. The third-order valence-electron chi connectivity index (χ3n) is 7.50. The number of nitrogens with zero attached hydrogens (tertiary/aromatic N) is 2. The number of sulfonamides is 1. The number of hydrogen-bond acceptors (Lipinski definition) is 4. The van der Waals surface area contributed by atoms with Crippen LogP contribution in [-0.2, 0) is 32.6 Å². The first-order chi connectivity index (χ1) is 21.1. The molecule has 0 saturated heterocycles. The van der Waals surface area contributed by atoms with Crippen LogP contribution in [0.5, 0.6) is 0 Å². The average Bonchev–Trinajstić information content (AvgIpc) is 3.03. The van der Waals surface area contributed by atoms with Crippen LogP contribution in [-0.4, -0.2) is 43.8 Å². The van der Waals surface area contributed by atoms with E-state index in [1.54, 1.807) is 60.7 Å². The molecular formula is C35H38FN3O4S. The van der Waals surface area contributed by atoms with Crippen LogP contribution in [0.2, 0.25) is 0 Å². The average molecular weight is 616 g/mol. The van der Waals surface area contributed by atoms with E-state index in [1.165, 1.54) is 23.1 Å². The Morgan fingerprint density at radius 1 is 0.841 bits per heavy atom. The summed E-state index contributed by atoms with van der Waals surface area (Å²) in [6, 6.07) is 28.8. The van der Waals surface area contributed by atoms with Crippen molar-refractivity contribution >= 4 is 27.5 Å². The van der Waals surface area contributed by atoms with Gasteiger partial charge in [-0.1, -0.05) is 91.3 Å². The zero-order chi connectivity index (χ0) is 31.7. The number of carbonyl (C=O) groups excluding carboxylic acids is 2. The van der Waals surface area contributed by atoms with Crippen molar-refractivity contribution in [3.05, 3.63) is 132 Å². The molecular weight excluding hydrogens is 577 g/mol. The van der Waals surface area contributed by atoms with Gasteiger partial charge in [0.05, 0.1) is 10.6 Å². The topological polar surface area (TPSA) is 86.8 Å². The van der Waals surface area contributed by atoms with Crippen molar-refractivity contribution < 1.29 is 22.4 Å². The standard InChI is InChI=1S/C35H38FN3O4S/c1-4-27(3)37-35(41)33(23-28-13-7-5-8-14-28)38(24-29-15-11-12-18-32(29)36)34(40)25-39(30-16-9-6-10-17-30)44(42,43)31-21-19-26(2)20-22-31/h5-22,27,33H,4,23-25H2,1-3H3,(H,37,41)/t27-,33-/m0/s1. The highest BCUT2D eigenvalue weighted by atomic mass is 32.2. The SMILES string of the molecule is CC[C@H](C)NC(=O)[C@H](Cc1ccccc1)N(Cc1ccccc1F)C(=O)CN(c1ccccc1)S(=O)(=O)c1ccc(C)cc1. The van der Waals surface area contributed by atoms with E-state index in [0.717, 1.165) is 15.4 Å². The fourth-order valence-electron chi connectivity index (χ4n) is 4.77. The Morgan fingerprint density at radius 3 is 2.05 bits per heavy atom. The monoisotopic (exact) mass is 615 g/mol. The zero-order valence-corrected chi connectivity index (χ0v) is 26.0. The van der Waals surface area contributed by atoms with Gasteiger partial charge in [-0.3, -0.25) is 13.9 Å². The summed E-state index contributed by atoms with van der Waals surface area (Å²) < 4.78 is 44.1. The highest BCUT2D eigenvalue weighted by Gasteiger charge is 2.35. The van der Waals surface area contributed by atoms with Gasteiger partial charge in [0.15, 0.2) is 0 Å². The summed E-state index contributed by atoms with van der Waals surface area (Å²) in [4.78, 5) is 29.5. The third kappa shape index (κ3) is 8.11. The van der Waals surface area contributed by atoms with Crippen molar-refractivity contribution in [1.29, 1.82) is 0 Å². The van der Waals surface area contributed by atoms with E-state index >= 15 is 0 Å². The summed E-state index contributed by atoms with van der Waals surface area (Å²) in [5.74, 6) is -1.58. The van der Waals surface area contributed by atoms with E-state index in [0.29, 0.717) is 6.42 Å². The molecule has 0 fully saturated rings.